The van der Waals surface area contributed by atoms with E-state index in [0.717, 1.165) is 42.2 Å². The summed E-state index contributed by atoms with van der Waals surface area (Å²) >= 11 is 4.18. The molecule has 1 aromatic rings. The fraction of sp³-hybridized carbons (Fsp3) is 0.692. The lowest BCUT2D eigenvalue weighted by Gasteiger charge is -2.25. The smallest absolute Gasteiger partial charge is 0.131 e. The Morgan fingerprint density at radius 3 is 2.44 bits per heavy atom. The van der Waals surface area contributed by atoms with Crippen molar-refractivity contribution in [3.05, 3.63) is 11.9 Å². The van der Waals surface area contributed by atoms with Crippen molar-refractivity contribution in [3.8, 4) is 0 Å². The molecule has 1 fully saturated rings. The Labute approximate surface area is 114 Å². The van der Waals surface area contributed by atoms with Crippen molar-refractivity contribution in [1.29, 1.82) is 0 Å². The van der Waals surface area contributed by atoms with Crippen LogP contribution < -0.4 is 10.6 Å². The van der Waals surface area contributed by atoms with Crippen molar-refractivity contribution in [2.45, 2.75) is 32.6 Å². The van der Waals surface area contributed by atoms with E-state index in [-0.39, 0.29) is 0 Å². The monoisotopic (exact) mass is 266 g/mol. The van der Waals surface area contributed by atoms with Gasteiger partial charge in [0.1, 0.15) is 17.5 Å². The van der Waals surface area contributed by atoms with Gasteiger partial charge in [0, 0.05) is 24.9 Å². The van der Waals surface area contributed by atoms with Gasteiger partial charge >= 0.3 is 0 Å². The van der Waals surface area contributed by atoms with E-state index in [1.54, 1.807) is 0 Å². The molecule has 2 rings (SSSR count). The number of thiol groups is 1. The van der Waals surface area contributed by atoms with Crippen LogP contribution in [0.5, 0.6) is 0 Å². The zero-order valence-corrected chi connectivity index (χ0v) is 11.8. The largest absolute Gasteiger partial charge is 0.370 e. The van der Waals surface area contributed by atoms with Crippen molar-refractivity contribution >= 4 is 24.3 Å². The van der Waals surface area contributed by atoms with Crippen molar-refractivity contribution < 1.29 is 0 Å². The third kappa shape index (κ3) is 4.05. The molecule has 0 spiro atoms. The van der Waals surface area contributed by atoms with Gasteiger partial charge < -0.3 is 10.6 Å². The van der Waals surface area contributed by atoms with Crippen LogP contribution >= 0.6 is 12.6 Å². The highest BCUT2D eigenvalue weighted by molar-refractivity contribution is 7.80. The topological polar surface area (TPSA) is 49.8 Å². The Morgan fingerprint density at radius 2 is 1.89 bits per heavy atom. The molecule has 0 atom stereocenters. The quantitative estimate of drug-likeness (QED) is 0.664. The van der Waals surface area contributed by atoms with Crippen molar-refractivity contribution in [3.63, 3.8) is 0 Å². The summed E-state index contributed by atoms with van der Waals surface area (Å²) in [6, 6.07) is 1.97. The lowest BCUT2D eigenvalue weighted by Crippen LogP contribution is -2.16. The number of anilines is 2. The zero-order valence-electron chi connectivity index (χ0n) is 10.9. The first kappa shape index (κ1) is 13.5. The Hall–Kier alpha value is -0.970. The molecule has 5 heteroatoms. The molecule has 0 unspecified atom stereocenters. The standard InChI is InChI=1S/C13H22N4S/c1-10-16-12(9-13(17-10)15-7-8-18)14-6-5-11-3-2-4-11/h9,11,18H,2-8H2,1H3,(H2,14,15,16,17). The molecule has 18 heavy (non-hydrogen) atoms. The van der Waals surface area contributed by atoms with E-state index in [0.29, 0.717) is 0 Å². The maximum Gasteiger partial charge on any atom is 0.131 e. The van der Waals surface area contributed by atoms with Crippen molar-refractivity contribution in [1.82, 2.24) is 9.97 Å². The summed E-state index contributed by atoms with van der Waals surface area (Å²) in [6.07, 6.45) is 5.47. The number of nitrogens with one attached hydrogen (secondary N) is 2. The lowest BCUT2D eigenvalue weighted by atomic mass is 9.83. The fourth-order valence-electron chi connectivity index (χ4n) is 2.12. The van der Waals surface area contributed by atoms with E-state index in [1.807, 2.05) is 13.0 Å². The molecule has 1 aromatic heterocycles. The van der Waals surface area contributed by atoms with Gasteiger partial charge in [-0.3, -0.25) is 0 Å². The van der Waals surface area contributed by atoms with Gasteiger partial charge in [-0.15, -0.1) is 0 Å². The second-order valence-corrected chi connectivity index (χ2v) is 5.30. The van der Waals surface area contributed by atoms with Gasteiger partial charge in [-0.05, 0) is 19.3 Å². The number of hydrogen-bond acceptors (Lipinski definition) is 5. The number of aromatic nitrogens is 2. The highest BCUT2D eigenvalue weighted by Gasteiger charge is 2.16. The maximum absolute atomic E-state index is 4.40. The van der Waals surface area contributed by atoms with Gasteiger partial charge in [-0.25, -0.2) is 9.97 Å². The van der Waals surface area contributed by atoms with Gasteiger partial charge in [-0.2, -0.15) is 12.6 Å². The Kier molecular flexibility index (Phi) is 5.11. The average Bonchev–Trinajstić information content (AvgIpc) is 2.29. The van der Waals surface area contributed by atoms with E-state index in [4.69, 9.17) is 0 Å². The zero-order chi connectivity index (χ0) is 12.8. The molecular weight excluding hydrogens is 244 g/mol. The molecule has 0 amide bonds. The minimum Gasteiger partial charge on any atom is -0.370 e. The number of hydrogen-bond donors (Lipinski definition) is 3. The van der Waals surface area contributed by atoms with Crippen molar-refractivity contribution in [2.75, 3.05) is 29.5 Å². The minimum atomic E-state index is 0.797. The predicted molar refractivity (Wildman–Crippen MR) is 79.6 cm³/mol. The van der Waals surface area contributed by atoms with Crippen LogP contribution in [0.25, 0.3) is 0 Å². The highest BCUT2D eigenvalue weighted by Crippen LogP contribution is 2.29. The summed E-state index contributed by atoms with van der Waals surface area (Å²) in [5.41, 5.74) is 0. The Bertz CT molecular complexity index is 379. The summed E-state index contributed by atoms with van der Waals surface area (Å²) < 4.78 is 0. The van der Waals surface area contributed by atoms with Crippen LogP contribution in [-0.2, 0) is 0 Å². The van der Waals surface area contributed by atoms with E-state index >= 15 is 0 Å². The fourth-order valence-corrected chi connectivity index (χ4v) is 2.23. The number of aryl methyl sites for hydroxylation is 1. The normalized spacial score (nSPS) is 15.2. The van der Waals surface area contributed by atoms with Crippen LogP contribution in [0.3, 0.4) is 0 Å². The summed E-state index contributed by atoms with van der Waals surface area (Å²) in [6.45, 7) is 3.75. The molecule has 1 aliphatic rings. The molecular formula is C13H22N4S. The van der Waals surface area contributed by atoms with Crippen molar-refractivity contribution in [2.24, 2.45) is 5.92 Å². The van der Waals surface area contributed by atoms with Gasteiger partial charge in [-0.1, -0.05) is 19.3 Å². The Morgan fingerprint density at radius 1 is 1.22 bits per heavy atom. The maximum atomic E-state index is 4.40. The van der Waals surface area contributed by atoms with E-state index in [9.17, 15) is 0 Å². The first-order valence-electron chi connectivity index (χ1n) is 6.72. The van der Waals surface area contributed by atoms with E-state index < -0.39 is 0 Å². The summed E-state index contributed by atoms with van der Waals surface area (Å²) in [7, 11) is 0. The first-order valence-corrected chi connectivity index (χ1v) is 7.35. The number of rotatable bonds is 7. The van der Waals surface area contributed by atoms with Crippen LogP contribution in [0.2, 0.25) is 0 Å². The van der Waals surface area contributed by atoms with Crippen LogP contribution in [0.4, 0.5) is 11.6 Å². The van der Waals surface area contributed by atoms with Gasteiger partial charge in [0.05, 0.1) is 0 Å². The number of nitrogens with zero attached hydrogens (tertiary/aromatic N) is 2. The van der Waals surface area contributed by atoms with Crippen LogP contribution in [-0.4, -0.2) is 28.8 Å². The molecule has 0 bridgehead atoms. The summed E-state index contributed by atoms with van der Waals surface area (Å²) in [5.74, 6) is 4.33. The molecule has 0 aliphatic heterocycles. The molecule has 0 saturated heterocycles. The Balaban J connectivity index is 1.83. The van der Waals surface area contributed by atoms with Gasteiger partial charge in [0.2, 0.25) is 0 Å². The average molecular weight is 266 g/mol. The molecule has 1 heterocycles. The first-order chi connectivity index (χ1) is 8.78. The minimum absolute atomic E-state index is 0.797. The highest BCUT2D eigenvalue weighted by atomic mass is 32.1. The van der Waals surface area contributed by atoms with E-state index in [2.05, 4.69) is 33.2 Å². The third-order valence-electron chi connectivity index (χ3n) is 3.34. The molecule has 4 nitrogen and oxygen atoms in total. The molecule has 0 aromatic carbocycles. The predicted octanol–water partition coefficient (Wildman–Crippen LogP) is 2.73. The van der Waals surface area contributed by atoms with E-state index in [1.165, 1.54) is 25.7 Å². The van der Waals surface area contributed by atoms with Crippen LogP contribution in [0, 0.1) is 12.8 Å². The van der Waals surface area contributed by atoms with Gasteiger partial charge in [0.25, 0.3) is 0 Å². The second kappa shape index (κ2) is 6.83. The third-order valence-corrected chi connectivity index (χ3v) is 3.56. The molecule has 0 radical (unpaired) electrons. The lowest BCUT2D eigenvalue weighted by molar-refractivity contribution is 0.303. The summed E-state index contributed by atoms with van der Waals surface area (Å²) in [5, 5.41) is 6.62. The second-order valence-electron chi connectivity index (χ2n) is 4.85. The molecule has 1 saturated carbocycles. The summed E-state index contributed by atoms with van der Waals surface area (Å²) in [4.78, 5) is 8.75. The SMILES string of the molecule is Cc1nc(NCCS)cc(NCCC2CCC2)n1. The molecule has 1 aliphatic carbocycles. The van der Waals surface area contributed by atoms with Crippen LogP contribution in [0.1, 0.15) is 31.5 Å². The molecule has 100 valence electrons. The van der Waals surface area contributed by atoms with Gasteiger partial charge in [0.15, 0.2) is 0 Å². The van der Waals surface area contributed by atoms with Crippen LogP contribution in [0.15, 0.2) is 6.07 Å². The molecule has 2 N–H and O–H groups in total.